The summed E-state index contributed by atoms with van der Waals surface area (Å²) in [5.41, 5.74) is 1.48. The first-order valence-corrected chi connectivity index (χ1v) is 11.3. The number of sulfonamides is 1. The highest BCUT2D eigenvalue weighted by atomic mass is 32.2. The Morgan fingerprint density at radius 3 is 2.36 bits per heavy atom. The summed E-state index contributed by atoms with van der Waals surface area (Å²) in [4.78, 5) is 29.1. The molecule has 33 heavy (non-hydrogen) atoms. The number of nitrogens with zero attached hydrogens (tertiary/aromatic N) is 2. The van der Waals surface area contributed by atoms with Gasteiger partial charge in [0.15, 0.2) is 0 Å². The number of benzene rings is 3. The fraction of sp³-hybridized carbons (Fsp3) is 0.0870. The van der Waals surface area contributed by atoms with Crippen LogP contribution in [0.1, 0.15) is 5.56 Å². The lowest BCUT2D eigenvalue weighted by Crippen LogP contribution is -2.28. The van der Waals surface area contributed by atoms with Crippen molar-refractivity contribution in [2.45, 2.75) is 18.4 Å². The third kappa shape index (κ3) is 5.07. The van der Waals surface area contributed by atoms with E-state index in [2.05, 4.69) is 15.0 Å². The fourth-order valence-corrected chi connectivity index (χ4v) is 4.21. The molecule has 1 aromatic heterocycles. The second-order valence-corrected chi connectivity index (χ2v) is 9.07. The van der Waals surface area contributed by atoms with Crippen LogP contribution in [-0.4, -0.2) is 23.9 Å². The van der Waals surface area contributed by atoms with E-state index in [1.165, 1.54) is 54.9 Å². The molecule has 8 nitrogen and oxygen atoms in total. The van der Waals surface area contributed by atoms with Gasteiger partial charge in [-0.3, -0.25) is 18.9 Å². The third-order valence-corrected chi connectivity index (χ3v) is 6.25. The van der Waals surface area contributed by atoms with Crippen molar-refractivity contribution in [1.82, 2.24) is 9.55 Å². The average molecular weight is 466 g/mol. The van der Waals surface area contributed by atoms with Crippen molar-refractivity contribution in [1.29, 1.82) is 0 Å². The summed E-state index contributed by atoms with van der Waals surface area (Å²) in [6.45, 7) is 1.55. The number of fused-ring (bicyclic) bond motifs is 1. The number of carbonyl (C=O) groups excluding carboxylic acids is 1. The first-order valence-electron chi connectivity index (χ1n) is 9.85. The quantitative estimate of drug-likeness (QED) is 0.453. The number of rotatable bonds is 6. The molecule has 0 radical (unpaired) electrons. The number of aromatic nitrogens is 2. The molecule has 0 atom stereocenters. The maximum Gasteiger partial charge on any atom is 0.261 e. The predicted molar refractivity (Wildman–Crippen MR) is 123 cm³/mol. The summed E-state index contributed by atoms with van der Waals surface area (Å²) in [6.07, 6.45) is 1.23. The van der Waals surface area contributed by atoms with Crippen molar-refractivity contribution in [2.24, 2.45) is 0 Å². The van der Waals surface area contributed by atoms with Gasteiger partial charge in [0.1, 0.15) is 12.4 Å². The largest absolute Gasteiger partial charge is 0.325 e. The minimum absolute atomic E-state index is 0.0792. The minimum atomic E-state index is -3.74. The van der Waals surface area contributed by atoms with E-state index in [0.29, 0.717) is 16.9 Å². The zero-order chi connectivity index (χ0) is 23.6. The lowest BCUT2D eigenvalue weighted by atomic mass is 10.2. The van der Waals surface area contributed by atoms with Crippen LogP contribution in [0.4, 0.5) is 15.8 Å². The van der Waals surface area contributed by atoms with Gasteiger partial charge in [-0.2, -0.15) is 0 Å². The van der Waals surface area contributed by atoms with E-state index < -0.39 is 27.3 Å². The first kappa shape index (κ1) is 22.2. The van der Waals surface area contributed by atoms with Crippen LogP contribution in [0, 0.1) is 12.7 Å². The minimum Gasteiger partial charge on any atom is -0.325 e. The van der Waals surface area contributed by atoms with Crippen molar-refractivity contribution in [2.75, 3.05) is 10.0 Å². The second kappa shape index (κ2) is 8.83. The van der Waals surface area contributed by atoms with Crippen LogP contribution >= 0.6 is 0 Å². The van der Waals surface area contributed by atoms with Gasteiger partial charge in [0, 0.05) is 11.4 Å². The molecule has 2 N–H and O–H groups in total. The summed E-state index contributed by atoms with van der Waals surface area (Å²) in [6, 6.07) is 16.2. The van der Waals surface area contributed by atoms with E-state index >= 15 is 0 Å². The number of anilines is 2. The molecule has 0 unspecified atom stereocenters. The lowest BCUT2D eigenvalue weighted by Gasteiger charge is -2.10. The second-order valence-electron chi connectivity index (χ2n) is 7.38. The number of aryl methyl sites for hydroxylation is 1. The lowest BCUT2D eigenvalue weighted by molar-refractivity contribution is -0.116. The van der Waals surface area contributed by atoms with Crippen molar-refractivity contribution in [3.8, 4) is 0 Å². The van der Waals surface area contributed by atoms with Gasteiger partial charge >= 0.3 is 0 Å². The van der Waals surface area contributed by atoms with Gasteiger partial charge in [0.2, 0.25) is 5.91 Å². The molecule has 10 heteroatoms. The number of nitrogens with one attached hydrogen (secondary N) is 2. The van der Waals surface area contributed by atoms with E-state index in [0.717, 1.165) is 16.2 Å². The Balaban J connectivity index is 1.43. The smallest absolute Gasteiger partial charge is 0.261 e. The molecular weight excluding hydrogens is 447 g/mol. The summed E-state index contributed by atoms with van der Waals surface area (Å²) >= 11 is 0. The number of amides is 1. The summed E-state index contributed by atoms with van der Waals surface area (Å²) in [5.74, 6) is -1.07. The molecule has 1 amide bonds. The Hall–Kier alpha value is -4.05. The molecule has 0 aliphatic rings. The van der Waals surface area contributed by atoms with Gasteiger partial charge in [0.05, 0.1) is 22.1 Å². The van der Waals surface area contributed by atoms with Crippen LogP contribution in [0.5, 0.6) is 0 Å². The summed E-state index contributed by atoms with van der Waals surface area (Å²) < 4.78 is 42.0. The molecule has 0 aliphatic carbocycles. The van der Waals surface area contributed by atoms with E-state index in [1.807, 2.05) is 6.92 Å². The van der Waals surface area contributed by atoms with Crippen LogP contribution in [0.15, 0.2) is 82.7 Å². The SMILES string of the molecule is Cc1ccc(S(=O)(=O)Nc2ccc(NC(=O)Cn3cnc4ccc(F)cc4c3=O)cc2)cc1. The number of halogens is 1. The van der Waals surface area contributed by atoms with Crippen LogP contribution in [-0.2, 0) is 21.4 Å². The fourth-order valence-electron chi connectivity index (χ4n) is 3.15. The first-order chi connectivity index (χ1) is 15.7. The van der Waals surface area contributed by atoms with Crippen molar-refractivity contribution in [3.05, 3.63) is 94.8 Å². The van der Waals surface area contributed by atoms with Gasteiger partial charge in [-0.1, -0.05) is 17.7 Å². The zero-order valence-electron chi connectivity index (χ0n) is 17.4. The monoisotopic (exact) mass is 466 g/mol. The average Bonchev–Trinajstić information content (AvgIpc) is 2.77. The molecule has 3 aromatic carbocycles. The Morgan fingerprint density at radius 2 is 1.67 bits per heavy atom. The molecule has 4 rings (SSSR count). The predicted octanol–water partition coefficient (Wildman–Crippen LogP) is 3.28. The van der Waals surface area contributed by atoms with E-state index in [9.17, 15) is 22.4 Å². The molecule has 0 bridgehead atoms. The van der Waals surface area contributed by atoms with Gasteiger partial charge in [-0.25, -0.2) is 17.8 Å². The molecule has 0 saturated carbocycles. The highest BCUT2D eigenvalue weighted by Gasteiger charge is 2.14. The van der Waals surface area contributed by atoms with Gasteiger partial charge in [-0.15, -0.1) is 0 Å². The summed E-state index contributed by atoms with van der Waals surface area (Å²) in [5, 5.41) is 2.71. The molecule has 4 aromatic rings. The maximum absolute atomic E-state index is 13.4. The Labute approximate surface area is 188 Å². The van der Waals surface area contributed by atoms with Crippen LogP contribution in [0.2, 0.25) is 0 Å². The molecule has 0 saturated heterocycles. The van der Waals surface area contributed by atoms with Crippen LogP contribution in [0.25, 0.3) is 10.9 Å². The molecule has 168 valence electrons. The zero-order valence-corrected chi connectivity index (χ0v) is 18.3. The molecule has 1 heterocycles. The standard InChI is InChI=1S/C23H19FN4O4S/c1-15-2-9-19(10-3-15)33(31,32)27-18-7-5-17(6-8-18)26-22(29)13-28-14-25-21-11-4-16(24)12-20(21)23(28)30/h2-12,14,27H,13H2,1H3,(H,26,29). The number of hydrogen-bond acceptors (Lipinski definition) is 5. The number of hydrogen-bond donors (Lipinski definition) is 2. The van der Waals surface area contributed by atoms with E-state index in [-0.39, 0.29) is 16.8 Å². The Bertz CT molecular complexity index is 1500. The highest BCUT2D eigenvalue weighted by molar-refractivity contribution is 7.92. The third-order valence-electron chi connectivity index (χ3n) is 4.85. The van der Waals surface area contributed by atoms with Crippen molar-refractivity contribution >= 4 is 38.2 Å². The summed E-state index contributed by atoms with van der Waals surface area (Å²) in [7, 11) is -3.74. The number of carbonyl (C=O) groups is 1. The Kier molecular flexibility index (Phi) is 5.93. The van der Waals surface area contributed by atoms with E-state index in [4.69, 9.17) is 0 Å². The molecule has 0 spiro atoms. The normalized spacial score (nSPS) is 11.3. The van der Waals surface area contributed by atoms with Gasteiger partial charge < -0.3 is 5.32 Å². The van der Waals surface area contributed by atoms with Crippen molar-refractivity contribution in [3.63, 3.8) is 0 Å². The topological polar surface area (TPSA) is 110 Å². The van der Waals surface area contributed by atoms with Crippen LogP contribution in [0.3, 0.4) is 0 Å². The molecule has 0 fully saturated rings. The van der Waals surface area contributed by atoms with Gasteiger partial charge in [0.25, 0.3) is 15.6 Å². The van der Waals surface area contributed by atoms with Crippen molar-refractivity contribution < 1.29 is 17.6 Å². The molecule has 0 aliphatic heterocycles. The molecular formula is C23H19FN4O4S. The van der Waals surface area contributed by atoms with Gasteiger partial charge in [-0.05, 0) is 61.5 Å². The highest BCUT2D eigenvalue weighted by Crippen LogP contribution is 2.19. The Morgan fingerprint density at radius 1 is 1.00 bits per heavy atom. The van der Waals surface area contributed by atoms with E-state index in [1.54, 1.807) is 12.1 Å². The maximum atomic E-state index is 13.4. The van der Waals surface area contributed by atoms with Crippen LogP contribution < -0.4 is 15.6 Å².